The fourth-order valence-electron chi connectivity index (χ4n) is 5.32. The molecule has 2 aliphatic carbocycles. The maximum Gasteiger partial charge on any atom is 0.274 e. The molecule has 0 saturated heterocycles. The maximum atomic E-state index is 13.3. The van der Waals surface area contributed by atoms with Crippen molar-refractivity contribution in [3.05, 3.63) is 59.0 Å². The second kappa shape index (κ2) is 11.4. The van der Waals surface area contributed by atoms with Gasteiger partial charge < -0.3 is 24.8 Å². The van der Waals surface area contributed by atoms with Crippen LogP contribution in [-0.4, -0.2) is 53.8 Å². The molecule has 2 aromatic heterocycles. The highest BCUT2D eigenvalue weighted by Gasteiger charge is 2.43. The number of carbonyl (C=O) groups is 1. The van der Waals surface area contributed by atoms with Gasteiger partial charge in [0.1, 0.15) is 18.1 Å². The van der Waals surface area contributed by atoms with Gasteiger partial charge in [0.2, 0.25) is 5.88 Å². The van der Waals surface area contributed by atoms with Crippen LogP contribution in [0.3, 0.4) is 0 Å². The van der Waals surface area contributed by atoms with Crippen LogP contribution in [0.25, 0.3) is 0 Å². The lowest BCUT2D eigenvalue weighted by atomic mass is 9.97. The lowest BCUT2D eigenvalue weighted by Crippen LogP contribution is -2.27. The summed E-state index contributed by atoms with van der Waals surface area (Å²) in [5.41, 5.74) is 0.968. The first kappa shape index (κ1) is 28.1. The van der Waals surface area contributed by atoms with Crippen LogP contribution >= 0.6 is 11.6 Å². The third kappa shape index (κ3) is 6.92. The lowest BCUT2D eigenvalue weighted by Gasteiger charge is -2.16. The number of amides is 1. The number of rotatable bonds is 6. The van der Waals surface area contributed by atoms with Crippen LogP contribution in [-0.2, 0) is 14.1 Å². The predicted molar refractivity (Wildman–Crippen MR) is 142 cm³/mol. The van der Waals surface area contributed by atoms with E-state index in [1.807, 2.05) is 7.05 Å². The monoisotopic (exact) mass is 547 g/mol. The number of ether oxygens (including phenoxy) is 1. The normalized spacial score (nSPS) is 22.5. The topological polar surface area (TPSA) is 114 Å². The molecular formula is C27H35ClFN5O4. The number of imidazole rings is 1. The summed E-state index contributed by atoms with van der Waals surface area (Å²) in [6, 6.07) is 5.86. The highest BCUT2D eigenvalue weighted by Crippen LogP contribution is 2.50. The Morgan fingerprint density at radius 2 is 1.89 bits per heavy atom. The average molecular weight is 548 g/mol. The molecule has 2 aliphatic rings. The first-order valence-electron chi connectivity index (χ1n) is 12.7. The third-order valence-corrected chi connectivity index (χ3v) is 7.29. The van der Waals surface area contributed by atoms with Crippen molar-refractivity contribution in [1.29, 1.82) is 0 Å². The number of hydrogen-bond acceptors (Lipinski definition) is 6. The molecule has 0 bridgehead atoms. The number of nitrogens with zero attached hydrogens (tertiary/aromatic N) is 4. The van der Waals surface area contributed by atoms with Gasteiger partial charge in [-0.3, -0.25) is 9.48 Å². The molecule has 2 heterocycles. The second-order valence-corrected chi connectivity index (χ2v) is 11.3. The van der Waals surface area contributed by atoms with Crippen molar-refractivity contribution in [2.45, 2.75) is 57.2 Å². The van der Waals surface area contributed by atoms with E-state index in [0.29, 0.717) is 29.1 Å². The first-order chi connectivity index (χ1) is 17.9. The van der Waals surface area contributed by atoms with Crippen molar-refractivity contribution < 1.29 is 24.1 Å². The lowest BCUT2D eigenvalue weighted by molar-refractivity contribution is 0.0266. The highest BCUT2D eigenvalue weighted by atomic mass is 35.5. The number of aryl methyl sites for hydroxylation is 2. The Balaban J connectivity index is 0.000000236. The number of fused-ring (bicyclic) bond motifs is 1. The summed E-state index contributed by atoms with van der Waals surface area (Å²) in [4.78, 5) is 17.3. The third-order valence-electron chi connectivity index (χ3n) is 7.00. The van der Waals surface area contributed by atoms with Gasteiger partial charge in [-0.2, -0.15) is 0 Å². The fraction of sp³-hybridized carbons (Fsp3) is 0.519. The molecule has 0 radical (unpaired) electrons. The summed E-state index contributed by atoms with van der Waals surface area (Å²) in [6.45, 7) is 3.63. The molecule has 11 heteroatoms. The zero-order valence-corrected chi connectivity index (χ0v) is 22.8. The van der Waals surface area contributed by atoms with Gasteiger partial charge in [-0.15, -0.1) is 5.10 Å². The maximum absolute atomic E-state index is 13.3. The number of anilines is 1. The van der Waals surface area contributed by atoms with E-state index >= 15 is 0 Å². The zero-order valence-electron chi connectivity index (χ0n) is 22.1. The van der Waals surface area contributed by atoms with Gasteiger partial charge in [-0.1, -0.05) is 11.6 Å². The number of nitrogens with one attached hydrogen (secondary N) is 1. The van der Waals surface area contributed by atoms with E-state index in [1.54, 1.807) is 48.7 Å². The molecule has 2 saturated carbocycles. The van der Waals surface area contributed by atoms with Gasteiger partial charge in [0.15, 0.2) is 0 Å². The van der Waals surface area contributed by atoms with Crippen LogP contribution in [0.5, 0.6) is 5.88 Å². The molecule has 38 heavy (non-hydrogen) atoms. The molecule has 2 fully saturated rings. The van der Waals surface area contributed by atoms with E-state index < -0.39 is 11.4 Å². The molecule has 5 rings (SSSR count). The second-order valence-electron chi connectivity index (χ2n) is 10.9. The minimum absolute atomic E-state index is 0.0322. The largest absolute Gasteiger partial charge is 0.474 e. The standard InChI is InChI=1S/C19H21ClFN3O2.C8H14N2O2/c1-24-9-22-17(12-4-10-6-14(25)7-11(10)5-12)18(24)19(26)23-13-2-3-16(21)15(20)8-13;1-8(2,11)6-12-7-4-5-10(3)9-7/h2-3,8-12,14,25H,4-7H2,1H3,(H,23,26);4-5,11H,6H2,1-3H3/t10-,11+,12?,14?;. The van der Waals surface area contributed by atoms with Gasteiger partial charge >= 0.3 is 0 Å². The molecule has 1 amide bonds. The Bertz CT molecular complexity index is 1260. The first-order valence-corrected chi connectivity index (χ1v) is 13.1. The molecular weight excluding hydrogens is 513 g/mol. The Labute approximate surface area is 226 Å². The van der Waals surface area contributed by atoms with Crippen molar-refractivity contribution in [2.24, 2.45) is 25.9 Å². The number of carbonyl (C=O) groups excluding carboxylic acids is 1. The van der Waals surface area contributed by atoms with Crippen LogP contribution in [0.4, 0.5) is 10.1 Å². The number of benzene rings is 1. The minimum atomic E-state index is -0.808. The van der Waals surface area contributed by atoms with Crippen molar-refractivity contribution in [3.63, 3.8) is 0 Å². The minimum Gasteiger partial charge on any atom is -0.474 e. The molecule has 206 valence electrons. The van der Waals surface area contributed by atoms with Gasteiger partial charge in [0.25, 0.3) is 5.91 Å². The fourth-order valence-corrected chi connectivity index (χ4v) is 5.50. The molecule has 1 aromatic carbocycles. The van der Waals surface area contributed by atoms with Gasteiger partial charge in [-0.05, 0) is 69.6 Å². The van der Waals surface area contributed by atoms with Crippen LogP contribution < -0.4 is 10.1 Å². The molecule has 2 unspecified atom stereocenters. The van der Waals surface area contributed by atoms with Gasteiger partial charge in [-0.25, -0.2) is 9.37 Å². The van der Waals surface area contributed by atoms with E-state index in [4.69, 9.17) is 16.3 Å². The zero-order chi connectivity index (χ0) is 27.6. The van der Waals surface area contributed by atoms with Crippen LogP contribution in [0.2, 0.25) is 5.02 Å². The Morgan fingerprint density at radius 3 is 2.47 bits per heavy atom. The quantitative estimate of drug-likeness (QED) is 0.424. The van der Waals surface area contributed by atoms with Crippen molar-refractivity contribution >= 4 is 23.2 Å². The van der Waals surface area contributed by atoms with E-state index in [2.05, 4.69) is 15.4 Å². The summed E-state index contributed by atoms with van der Waals surface area (Å²) < 4.78 is 21.9. The molecule has 4 atom stereocenters. The number of aliphatic hydroxyl groups excluding tert-OH is 1. The summed E-state index contributed by atoms with van der Waals surface area (Å²) in [6.07, 6.45) is 6.89. The average Bonchev–Trinajstić information content (AvgIpc) is 3.58. The van der Waals surface area contributed by atoms with Crippen LogP contribution in [0.1, 0.15) is 61.6 Å². The van der Waals surface area contributed by atoms with Gasteiger partial charge in [0.05, 0.1) is 28.7 Å². The Morgan fingerprint density at radius 1 is 1.21 bits per heavy atom. The van der Waals surface area contributed by atoms with Gasteiger partial charge in [0, 0.05) is 38.0 Å². The number of aliphatic hydroxyl groups is 2. The predicted octanol–water partition coefficient (Wildman–Crippen LogP) is 4.30. The van der Waals surface area contributed by atoms with E-state index in [9.17, 15) is 19.4 Å². The Hall–Kier alpha value is -2.95. The van der Waals surface area contributed by atoms with E-state index in [-0.39, 0.29) is 29.6 Å². The van der Waals surface area contributed by atoms with Crippen LogP contribution in [0.15, 0.2) is 36.8 Å². The van der Waals surface area contributed by atoms with Crippen molar-refractivity contribution in [3.8, 4) is 5.88 Å². The van der Waals surface area contributed by atoms with Crippen LogP contribution in [0, 0.1) is 17.7 Å². The van der Waals surface area contributed by atoms with E-state index in [0.717, 1.165) is 31.4 Å². The van der Waals surface area contributed by atoms with E-state index in [1.165, 1.54) is 18.2 Å². The summed E-state index contributed by atoms with van der Waals surface area (Å²) in [5, 5.41) is 25.9. The molecule has 3 N–H and O–H groups in total. The molecule has 3 aromatic rings. The van der Waals surface area contributed by atoms with Crippen molar-refractivity contribution in [1.82, 2.24) is 19.3 Å². The molecule has 0 spiro atoms. The smallest absolute Gasteiger partial charge is 0.274 e. The van der Waals surface area contributed by atoms with Crippen molar-refractivity contribution in [2.75, 3.05) is 11.9 Å². The summed E-state index contributed by atoms with van der Waals surface area (Å²) in [7, 11) is 3.61. The highest BCUT2D eigenvalue weighted by molar-refractivity contribution is 6.31. The molecule has 0 aliphatic heterocycles. The molecule has 9 nitrogen and oxygen atoms in total. The summed E-state index contributed by atoms with van der Waals surface area (Å²) >= 11 is 5.79. The number of aromatic nitrogens is 4. The SMILES string of the molecule is Cn1ccc(OCC(C)(C)O)n1.Cn1cnc(C2C[C@H]3CC(O)C[C@H]3C2)c1C(=O)Nc1ccc(F)c(Cl)c1. The summed E-state index contributed by atoms with van der Waals surface area (Å²) in [5.74, 6) is 1.01. The number of halogens is 2. The number of hydrogen-bond donors (Lipinski definition) is 3. The Kier molecular flexibility index (Phi) is 8.44.